The van der Waals surface area contributed by atoms with Crippen LogP contribution in [0.5, 0.6) is 0 Å². The van der Waals surface area contributed by atoms with Crippen molar-refractivity contribution >= 4 is 27.5 Å². The first-order chi connectivity index (χ1) is 9.11. The van der Waals surface area contributed by atoms with Gasteiger partial charge in [0, 0.05) is 15.4 Å². The molecule has 0 saturated heterocycles. The summed E-state index contributed by atoms with van der Waals surface area (Å²) < 4.78 is 14.1. The second-order valence-corrected chi connectivity index (χ2v) is 5.60. The molecule has 0 spiro atoms. The zero-order valence-electron chi connectivity index (χ0n) is 10.1. The number of aliphatic hydroxyl groups excluding tert-OH is 1. The largest absolute Gasteiger partial charge is 0.396 e. The Morgan fingerprint density at radius 1 is 1.21 bits per heavy atom. The highest BCUT2D eigenvalue weighted by Gasteiger charge is 2.16. The minimum atomic E-state index is -0.283. The maximum Gasteiger partial charge on any atom is 0.123 e. The molecule has 1 atom stereocenters. The van der Waals surface area contributed by atoms with Gasteiger partial charge in [-0.25, -0.2) is 4.39 Å². The maximum atomic E-state index is 13.3. The molecule has 4 heteroatoms. The molecule has 1 nitrogen and oxygen atoms in total. The van der Waals surface area contributed by atoms with E-state index in [1.807, 2.05) is 18.2 Å². The average molecular weight is 344 g/mol. The van der Waals surface area contributed by atoms with E-state index in [0.717, 1.165) is 15.6 Å². The van der Waals surface area contributed by atoms with E-state index >= 15 is 0 Å². The lowest BCUT2D eigenvalue weighted by atomic mass is 9.92. The van der Waals surface area contributed by atoms with Crippen molar-refractivity contribution in [2.45, 2.75) is 12.3 Å². The molecule has 1 unspecified atom stereocenters. The Morgan fingerprint density at radius 3 is 2.63 bits per heavy atom. The van der Waals surface area contributed by atoms with Crippen LogP contribution in [0.3, 0.4) is 0 Å². The molecule has 2 aromatic rings. The van der Waals surface area contributed by atoms with Crippen molar-refractivity contribution in [3.8, 4) is 0 Å². The van der Waals surface area contributed by atoms with Crippen molar-refractivity contribution in [2.75, 3.05) is 6.61 Å². The normalized spacial score (nSPS) is 12.4. The molecule has 0 aliphatic carbocycles. The van der Waals surface area contributed by atoms with Gasteiger partial charge in [-0.2, -0.15) is 0 Å². The Bertz CT molecular complexity index is 574. The van der Waals surface area contributed by atoms with E-state index in [0.29, 0.717) is 11.4 Å². The third-order valence-corrected chi connectivity index (χ3v) is 4.16. The quantitative estimate of drug-likeness (QED) is 0.863. The number of rotatable bonds is 4. The van der Waals surface area contributed by atoms with Gasteiger partial charge < -0.3 is 5.11 Å². The van der Waals surface area contributed by atoms with E-state index in [-0.39, 0.29) is 18.3 Å². The molecule has 19 heavy (non-hydrogen) atoms. The van der Waals surface area contributed by atoms with Gasteiger partial charge >= 0.3 is 0 Å². The lowest BCUT2D eigenvalue weighted by Crippen LogP contribution is -2.09. The first-order valence-electron chi connectivity index (χ1n) is 5.91. The van der Waals surface area contributed by atoms with Gasteiger partial charge in [0.1, 0.15) is 5.82 Å². The monoisotopic (exact) mass is 342 g/mol. The molecule has 100 valence electrons. The SMILES string of the molecule is OCC(Cc1cc(F)ccc1Br)c1ccccc1Cl. The van der Waals surface area contributed by atoms with Crippen molar-refractivity contribution in [1.29, 1.82) is 0 Å². The zero-order valence-corrected chi connectivity index (χ0v) is 12.5. The number of hydrogen-bond acceptors (Lipinski definition) is 1. The Labute approximate surface area is 125 Å². The van der Waals surface area contributed by atoms with Crippen molar-refractivity contribution in [1.82, 2.24) is 0 Å². The summed E-state index contributed by atoms with van der Waals surface area (Å²) in [6.45, 7) is -0.0350. The maximum absolute atomic E-state index is 13.3. The van der Waals surface area contributed by atoms with E-state index in [1.54, 1.807) is 12.1 Å². The summed E-state index contributed by atoms with van der Waals surface area (Å²) >= 11 is 9.54. The van der Waals surface area contributed by atoms with Crippen molar-refractivity contribution in [3.05, 3.63) is 68.9 Å². The third-order valence-electron chi connectivity index (χ3n) is 3.04. The minimum Gasteiger partial charge on any atom is -0.396 e. The highest BCUT2D eigenvalue weighted by Crippen LogP contribution is 2.29. The zero-order chi connectivity index (χ0) is 13.8. The van der Waals surface area contributed by atoms with Crippen LogP contribution in [-0.2, 0) is 6.42 Å². The van der Waals surface area contributed by atoms with Gasteiger partial charge in [0.25, 0.3) is 0 Å². The van der Waals surface area contributed by atoms with Crippen LogP contribution in [0.25, 0.3) is 0 Å². The second-order valence-electron chi connectivity index (χ2n) is 4.34. The minimum absolute atomic E-state index is 0.0350. The van der Waals surface area contributed by atoms with E-state index in [9.17, 15) is 9.50 Å². The van der Waals surface area contributed by atoms with Gasteiger partial charge in [-0.3, -0.25) is 0 Å². The Hall–Kier alpha value is -0.900. The molecule has 1 N–H and O–H groups in total. The van der Waals surface area contributed by atoms with Crippen LogP contribution in [0.1, 0.15) is 17.0 Å². The Balaban J connectivity index is 2.29. The van der Waals surface area contributed by atoms with Crippen LogP contribution in [0.2, 0.25) is 5.02 Å². The number of aliphatic hydroxyl groups is 1. The highest BCUT2D eigenvalue weighted by molar-refractivity contribution is 9.10. The third kappa shape index (κ3) is 3.56. The fraction of sp³-hybridized carbons (Fsp3) is 0.200. The van der Waals surface area contributed by atoms with E-state index in [1.165, 1.54) is 12.1 Å². The number of benzene rings is 2. The number of halogens is 3. The molecule has 0 aliphatic rings. The van der Waals surface area contributed by atoms with Gasteiger partial charge in [-0.1, -0.05) is 45.7 Å². The molecular weight excluding hydrogens is 331 g/mol. The summed E-state index contributed by atoms with van der Waals surface area (Å²) in [6.07, 6.45) is 0.526. The fourth-order valence-corrected chi connectivity index (χ4v) is 2.74. The summed E-state index contributed by atoms with van der Waals surface area (Å²) in [5.41, 5.74) is 1.70. The van der Waals surface area contributed by atoms with Crippen LogP contribution < -0.4 is 0 Å². The smallest absolute Gasteiger partial charge is 0.123 e. The van der Waals surface area contributed by atoms with E-state index < -0.39 is 0 Å². The summed E-state index contributed by atoms with van der Waals surface area (Å²) in [4.78, 5) is 0. The van der Waals surface area contributed by atoms with Gasteiger partial charge in [-0.15, -0.1) is 0 Å². The standard InChI is InChI=1S/C15H13BrClFO/c16-14-6-5-12(18)8-10(14)7-11(9-19)13-3-1-2-4-15(13)17/h1-6,8,11,19H,7,9H2. The fourth-order valence-electron chi connectivity index (χ4n) is 2.04. The second kappa shape index (κ2) is 6.51. The summed E-state index contributed by atoms with van der Waals surface area (Å²) in [7, 11) is 0. The molecule has 2 aromatic carbocycles. The first-order valence-corrected chi connectivity index (χ1v) is 7.08. The lowest BCUT2D eigenvalue weighted by molar-refractivity contribution is 0.264. The van der Waals surface area contributed by atoms with Gasteiger partial charge in [-0.05, 0) is 41.8 Å². The topological polar surface area (TPSA) is 20.2 Å². The Kier molecular flexibility index (Phi) is 4.97. The van der Waals surface area contributed by atoms with E-state index in [4.69, 9.17) is 11.6 Å². The van der Waals surface area contributed by atoms with E-state index in [2.05, 4.69) is 15.9 Å². The lowest BCUT2D eigenvalue weighted by Gasteiger charge is -2.17. The van der Waals surface area contributed by atoms with Crippen molar-refractivity contribution < 1.29 is 9.50 Å². The van der Waals surface area contributed by atoms with Crippen LogP contribution >= 0.6 is 27.5 Å². The van der Waals surface area contributed by atoms with Crippen LogP contribution in [0, 0.1) is 5.82 Å². The molecular formula is C15H13BrClFO. The molecule has 0 aromatic heterocycles. The Morgan fingerprint density at radius 2 is 1.95 bits per heavy atom. The van der Waals surface area contributed by atoms with Gasteiger partial charge in [0.15, 0.2) is 0 Å². The number of hydrogen-bond donors (Lipinski definition) is 1. The summed E-state index contributed by atoms with van der Waals surface area (Å²) in [6, 6.07) is 12.0. The molecule has 2 rings (SSSR count). The van der Waals surface area contributed by atoms with Gasteiger partial charge in [0.2, 0.25) is 0 Å². The first kappa shape index (κ1) is 14.5. The summed E-state index contributed by atoms with van der Waals surface area (Å²) in [5.74, 6) is -0.430. The molecule has 0 bridgehead atoms. The molecule has 0 fully saturated rings. The van der Waals surface area contributed by atoms with Crippen molar-refractivity contribution in [3.63, 3.8) is 0 Å². The predicted octanol–water partition coefficient (Wildman–Crippen LogP) is 4.56. The molecule has 0 heterocycles. The molecule has 0 amide bonds. The highest BCUT2D eigenvalue weighted by atomic mass is 79.9. The van der Waals surface area contributed by atoms with Crippen LogP contribution in [0.4, 0.5) is 4.39 Å². The van der Waals surface area contributed by atoms with Crippen LogP contribution in [-0.4, -0.2) is 11.7 Å². The molecule has 0 aliphatic heterocycles. The molecule has 0 radical (unpaired) electrons. The van der Waals surface area contributed by atoms with Crippen LogP contribution in [0.15, 0.2) is 46.9 Å². The average Bonchev–Trinajstić information content (AvgIpc) is 2.41. The molecule has 0 saturated carbocycles. The predicted molar refractivity (Wildman–Crippen MR) is 79.1 cm³/mol. The van der Waals surface area contributed by atoms with Gasteiger partial charge in [0.05, 0.1) is 6.61 Å². The summed E-state index contributed by atoms with van der Waals surface area (Å²) in [5, 5.41) is 10.2. The van der Waals surface area contributed by atoms with Crippen molar-refractivity contribution in [2.24, 2.45) is 0 Å².